The molecular formula is C23H28FN5O. The van der Waals surface area contributed by atoms with E-state index < -0.39 is 0 Å². The van der Waals surface area contributed by atoms with Gasteiger partial charge in [0.15, 0.2) is 0 Å². The topological polar surface area (TPSA) is 52.6 Å². The zero-order valence-electron chi connectivity index (χ0n) is 17.4. The molecule has 2 aliphatic heterocycles. The van der Waals surface area contributed by atoms with Gasteiger partial charge in [0.25, 0.3) is 0 Å². The van der Waals surface area contributed by atoms with Crippen molar-refractivity contribution < 1.29 is 9.18 Å². The molecule has 4 rings (SSSR count). The third kappa shape index (κ3) is 4.78. The Hall–Kier alpha value is -2.96. The Labute approximate surface area is 177 Å². The molecule has 0 atom stereocenters. The second-order valence-corrected chi connectivity index (χ2v) is 7.85. The standard InChI is InChI=1S/C23H28FN5O/c1-18-25-21(27-11-5-2-6-12-27)17-22(26-18)28-13-15-29(16-14-28)23(30)10-9-19-7-3-4-8-20(19)24/h3-4,7-10,17H,2,5-6,11-16H2,1H3/b10-9+. The lowest BCUT2D eigenvalue weighted by atomic mass is 10.1. The average Bonchev–Trinajstić information content (AvgIpc) is 2.78. The van der Waals surface area contributed by atoms with Gasteiger partial charge < -0.3 is 14.7 Å². The van der Waals surface area contributed by atoms with Crippen LogP contribution >= 0.6 is 0 Å². The summed E-state index contributed by atoms with van der Waals surface area (Å²) in [5, 5.41) is 0. The van der Waals surface area contributed by atoms with E-state index in [1.54, 1.807) is 29.2 Å². The van der Waals surface area contributed by atoms with Gasteiger partial charge in [0.2, 0.25) is 5.91 Å². The van der Waals surface area contributed by atoms with Gasteiger partial charge in [0.1, 0.15) is 23.3 Å². The van der Waals surface area contributed by atoms with Gasteiger partial charge in [0.05, 0.1) is 0 Å². The number of hydrogen-bond donors (Lipinski definition) is 0. The van der Waals surface area contributed by atoms with Crippen molar-refractivity contribution in [2.24, 2.45) is 0 Å². The fourth-order valence-electron chi connectivity index (χ4n) is 4.02. The number of halogens is 1. The molecule has 0 radical (unpaired) electrons. The van der Waals surface area contributed by atoms with Gasteiger partial charge >= 0.3 is 0 Å². The molecule has 0 unspecified atom stereocenters. The molecule has 2 aliphatic rings. The molecule has 0 aliphatic carbocycles. The Balaban J connectivity index is 1.38. The highest BCUT2D eigenvalue weighted by molar-refractivity contribution is 5.92. The van der Waals surface area contributed by atoms with Gasteiger partial charge in [-0.2, -0.15) is 0 Å². The fourth-order valence-corrected chi connectivity index (χ4v) is 4.02. The smallest absolute Gasteiger partial charge is 0.246 e. The first-order valence-electron chi connectivity index (χ1n) is 10.7. The fraction of sp³-hybridized carbons (Fsp3) is 0.435. The van der Waals surface area contributed by atoms with Crippen LogP contribution in [0.15, 0.2) is 36.4 Å². The highest BCUT2D eigenvalue weighted by Gasteiger charge is 2.22. The van der Waals surface area contributed by atoms with Crippen LogP contribution in [0.25, 0.3) is 6.08 Å². The van der Waals surface area contributed by atoms with E-state index in [2.05, 4.69) is 25.8 Å². The summed E-state index contributed by atoms with van der Waals surface area (Å²) in [7, 11) is 0. The molecule has 7 heteroatoms. The SMILES string of the molecule is Cc1nc(N2CCCCC2)cc(N2CCN(C(=O)/C=C/c3ccccc3F)CC2)n1. The molecule has 6 nitrogen and oxygen atoms in total. The largest absolute Gasteiger partial charge is 0.356 e. The minimum absolute atomic E-state index is 0.0919. The number of nitrogens with zero attached hydrogens (tertiary/aromatic N) is 5. The Kier molecular flexibility index (Phi) is 6.26. The summed E-state index contributed by atoms with van der Waals surface area (Å²) in [4.78, 5) is 28.1. The lowest BCUT2D eigenvalue weighted by Gasteiger charge is -2.35. The molecule has 0 spiro atoms. The quantitative estimate of drug-likeness (QED) is 0.726. The number of carbonyl (C=O) groups excluding carboxylic acids is 1. The second kappa shape index (κ2) is 9.24. The molecular weight excluding hydrogens is 381 g/mol. The second-order valence-electron chi connectivity index (χ2n) is 7.85. The maximum Gasteiger partial charge on any atom is 0.246 e. The molecule has 2 aromatic rings. The third-order valence-corrected chi connectivity index (χ3v) is 5.72. The van der Waals surface area contributed by atoms with Gasteiger partial charge in [-0.25, -0.2) is 14.4 Å². The summed E-state index contributed by atoms with van der Waals surface area (Å²) >= 11 is 0. The molecule has 1 aromatic heterocycles. The molecule has 3 heterocycles. The van der Waals surface area contributed by atoms with Crippen LogP contribution in [-0.2, 0) is 4.79 Å². The highest BCUT2D eigenvalue weighted by atomic mass is 19.1. The zero-order valence-corrected chi connectivity index (χ0v) is 17.4. The number of aryl methyl sites for hydroxylation is 1. The Morgan fingerprint density at radius 3 is 2.23 bits per heavy atom. The van der Waals surface area contributed by atoms with Crippen molar-refractivity contribution in [2.75, 3.05) is 49.1 Å². The summed E-state index contributed by atoms with van der Waals surface area (Å²) in [6.07, 6.45) is 6.70. The van der Waals surface area contributed by atoms with Crippen LogP contribution in [0.5, 0.6) is 0 Å². The molecule has 0 bridgehead atoms. The minimum Gasteiger partial charge on any atom is -0.356 e. The molecule has 1 aromatic carbocycles. The van der Waals surface area contributed by atoms with Crippen molar-refractivity contribution in [2.45, 2.75) is 26.2 Å². The van der Waals surface area contributed by atoms with E-state index in [0.29, 0.717) is 18.7 Å². The van der Waals surface area contributed by atoms with Gasteiger partial charge in [-0.15, -0.1) is 0 Å². The third-order valence-electron chi connectivity index (χ3n) is 5.72. The van der Waals surface area contributed by atoms with E-state index in [-0.39, 0.29) is 11.7 Å². The summed E-state index contributed by atoms with van der Waals surface area (Å²) in [5.41, 5.74) is 0.422. The first kappa shape index (κ1) is 20.3. The number of benzene rings is 1. The summed E-state index contributed by atoms with van der Waals surface area (Å²) in [6, 6.07) is 8.53. The number of amides is 1. The van der Waals surface area contributed by atoms with Crippen LogP contribution in [0.4, 0.5) is 16.0 Å². The number of aromatic nitrogens is 2. The van der Waals surface area contributed by atoms with Crippen LogP contribution in [0, 0.1) is 12.7 Å². The Bertz CT molecular complexity index is 918. The first-order chi connectivity index (χ1) is 14.6. The van der Waals surface area contributed by atoms with Gasteiger partial charge in [-0.1, -0.05) is 18.2 Å². The number of piperidine rings is 1. The Morgan fingerprint density at radius 1 is 0.933 bits per heavy atom. The van der Waals surface area contributed by atoms with Gasteiger partial charge in [-0.05, 0) is 38.3 Å². The van der Waals surface area contributed by atoms with Crippen molar-refractivity contribution in [3.05, 3.63) is 53.6 Å². The van der Waals surface area contributed by atoms with Crippen LogP contribution in [-0.4, -0.2) is 60.0 Å². The summed E-state index contributed by atoms with van der Waals surface area (Å²) < 4.78 is 13.7. The van der Waals surface area contributed by atoms with Gasteiger partial charge in [-0.3, -0.25) is 4.79 Å². The molecule has 158 valence electrons. The van der Waals surface area contributed by atoms with E-state index in [0.717, 1.165) is 43.6 Å². The van der Waals surface area contributed by atoms with E-state index >= 15 is 0 Å². The normalized spacial score (nSPS) is 17.6. The maximum absolute atomic E-state index is 13.7. The van der Waals surface area contributed by atoms with Crippen molar-refractivity contribution in [3.8, 4) is 0 Å². The maximum atomic E-state index is 13.7. The van der Waals surface area contributed by atoms with Crippen LogP contribution < -0.4 is 9.80 Å². The van der Waals surface area contributed by atoms with Crippen LogP contribution in [0.3, 0.4) is 0 Å². The minimum atomic E-state index is -0.324. The van der Waals surface area contributed by atoms with E-state index in [4.69, 9.17) is 0 Å². The summed E-state index contributed by atoms with van der Waals surface area (Å²) in [5.74, 6) is 2.29. The molecule has 30 heavy (non-hydrogen) atoms. The first-order valence-corrected chi connectivity index (χ1v) is 10.7. The molecule has 0 N–H and O–H groups in total. The lowest BCUT2D eigenvalue weighted by Crippen LogP contribution is -2.48. The predicted molar refractivity (Wildman–Crippen MR) is 117 cm³/mol. The van der Waals surface area contributed by atoms with E-state index in [1.165, 1.54) is 31.4 Å². The number of hydrogen-bond acceptors (Lipinski definition) is 5. The van der Waals surface area contributed by atoms with Crippen molar-refractivity contribution in [1.82, 2.24) is 14.9 Å². The average molecular weight is 410 g/mol. The highest BCUT2D eigenvalue weighted by Crippen LogP contribution is 2.23. The summed E-state index contributed by atoms with van der Waals surface area (Å²) in [6.45, 7) is 6.69. The Morgan fingerprint density at radius 2 is 1.57 bits per heavy atom. The van der Waals surface area contributed by atoms with E-state index in [1.807, 2.05) is 6.92 Å². The number of rotatable bonds is 4. The van der Waals surface area contributed by atoms with Crippen molar-refractivity contribution >= 4 is 23.6 Å². The monoisotopic (exact) mass is 409 g/mol. The molecule has 0 saturated carbocycles. The van der Waals surface area contributed by atoms with Gasteiger partial charge in [0, 0.05) is 57.0 Å². The zero-order chi connectivity index (χ0) is 20.9. The molecule has 2 fully saturated rings. The predicted octanol–water partition coefficient (Wildman–Crippen LogP) is 3.28. The van der Waals surface area contributed by atoms with Crippen LogP contribution in [0.2, 0.25) is 0 Å². The van der Waals surface area contributed by atoms with Crippen molar-refractivity contribution in [3.63, 3.8) is 0 Å². The number of carbonyl (C=O) groups is 1. The number of anilines is 2. The van der Waals surface area contributed by atoms with Crippen molar-refractivity contribution in [1.29, 1.82) is 0 Å². The lowest BCUT2D eigenvalue weighted by molar-refractivity contribution is -0.126. The van der Waals surface area contributed by atoms with E-state index in [9.17, 15) is 9.18 Å². The number of piperazine rings is 1. The van der Waals surface area contributed by atoms with Crippen LogP contribution in [0.1, 0.15) is 30.7 Å². The molecule has 2 saturated heterocycles. The molecule has 1 amide bonds.